The minimum atomic E-state index is -0.947. The Morgan fingerprint density at radius 1 is 1.09 bits per heavy atom. The van der Waals surface area contributed by atoms with Crippen molar-refractivity contribution >= 4 is 5.97 Å². The molecule has 1 atom stereocenters. The Morgan fingerprint density at radius 3 is 2.41 bits per heavy atom. The largest absolute Gasteiger partial charge is 0.478 e. The van der Waals surface area contributed by atoms with E-state index in [1.165, 1.54) is 6.92 Å². The quantitative estimate of drug-likeness (QED) is 0.799. The second-order valence-corrected chi connectivity index (χ2v) is 5.31. The number of hydrogen-bond acceptors (Lipinski definition) is 2. The van der Waals surface area contributed by atoms with Gasteiger partial charge in [0.2, 0.25) is 0 Å². The monoisotopic (exact) mass is 296 g/mol. The van der Waals surface area contributed by atoms with Crippen molar-refractivity contribution in [2.45, 2.75) is 25.9 Å². The van der Waals surface area contributed by atoms with E-state index in [0.29, 0.717) is 12.8 Å². The maximum absolute atomic E-state index is 10.8. The molecule has 0 saturated carbocycles. The molecule has 2 rings (SSSR count). The molecule has 0 amide bonds. The fourth-order valence-corrected chi connectivity index (χ4v) is 2.33. The van der Waals surface area contributed by atoms with Gasteiger partial charge < -0.3 is 10.2 Å². The topological polar surface area (TPSA) is 57.5 Å². The highest BCUT2D eigenvalue weighted by atomic mass is 16.4. The highest BCUT2D eigenvalue weighted by Gasteiger charge is 2.10. The average molecular weight is 296 g/mol. The maximum atomic E-state index is 10.8. The molecule has 0 radical (unpaired) electrons. The first-order chi connectivity index (χ1) is 10.6. The van der Waals surface area contributed by atoms with E-state index in [2.05, 4.69) is 0 Å². The number of carbonyl (C=O) groups is 1. The summed E-state index contributed by atoms with van der Waals surface area (Å²) in [7, 11) is 0. The van der Waals surface area contributed by atoms with Crippen molar-refractivity contribution in [3.63, 3.8) is 0 Å². The number of aliphatic carboxylic acids is 1. The lowest BCUT2D eigenvalue weighted by molar-refractivity contribution is -0.132. The standard InChI is InChI=1S/C19H20O3/c1-14(19(21)22)11-12-17(20)13-16-9-5-6-10-18(16)15-7-3-2-4-8-15/h2-11,17,20H,12-13H2,1H3,(H,21,22). The molecule has 0 fully saturated rings. The minimum Gasteiger partial charge on any atom is -0.478 e. The third kappa shape index (κ3) is 4.30. The van der Waals surface area contributed by atoms with Crippen LogP contribution in [0.25, 0.3) is 11.1 Å². The summed E-state index contributed by atoms with van der Waals surface area (Å²) in [5, 5.41) is 19.0. The van der Waals surface area contributed by atoms with Gasteiger partial charge in [-0.25, -0.2) is 4.79 Å². The van der Waals surface area contributed by atoms with Gasteiger partial charge >= 0.3 is 5.97 Å². The van der Waals surface area contributed by atoms with Gasteiger partial charge in [0.15, 0.2) is 0 Å². The fourth-order valence-electron chi connectivity index (χ4n) is 2.33. The molecular formula is C19H20O3. The molecule has 0 aliphatic carbocycles. The number of carboxylic acids is 1. The van der Waals surface area contributed by atoms with E-state index in [1.54, 1.807) is 6.08 Å². The second kappa shape index (κ2) is 7.57. The molecule has 1 unspecified atom stereocenters. The molecule has 22 heavy (non-hydrogen) atoms. The summed E-state index contributed by atoms with van der Waals surface area (Å²) in [6.45, 7) is 1.53. The van der Waals surface area contributed by atoms with E-state index in [1.807, 2.05) is 54.6 Å². The molecule has 2 aromatic rings. The van der Waals surface area contributed by atoms with E-state index in [0.717, 1.165) is 16.7 Å². The summed E-state index contributed by atoms with van der Waals surface area (Å²) in [6, 6.07) is 18.0. The van der Waals surface area contributed by atoms with E-state index >= 15 is 0 Å². The van der Waals surface area contributed by atoms with Crippen LogP contribution in [-0.4, -0.2) is 22.3 Å². The smallest absolute Gasteiger partial charge is 0.330 e. The lowest BCUT2D eigenvalue weighted by Gasteiger charge is -2.13. The molecule has 0 spiro atoms. The Kier molecular flexibility index (Phi) is 5.50. The lowest BCUT2D eigenvalue weighted by atomic mass is 9.95. The molecule has 0 aliphatic rings. The van der Waals surface area contributed by atoms with E-state index in [4.69, 9.17) is 5.11 Å². The molecule has 3 nitrogen and oxygen atoms in total. The number of carboxylic acid groups (broad SMARTS) is 1. The van der Waals surface area contributed by atoms with Crippen LogP contribution in [0, 0.1) is 0 Å². The Morgan fingerprint density at radius 2 is 1.73 bits per heavy atom. The third-order valence-electron chi connectivity index (χ3n) is 3.59. The van der Waals surface area contributed by atoms with Crippen LogP contribution in [0.4, 0.5) is 0 Å². The number of benzene rings is 2. The van der Waals surface area contributed by atoms with Crippen molar-refractivity contribution in [3.05, 3.63) is 71.8 Å². The van der Waals surface area contributed by atoms with Crippen LogP contribution in [0.2, 0.25) is 0 Å². The Labute approximate surface area is 130 Å². The summed E-state index contributed by atoms with van der Waals surface area (Å²) in [5.74, 6) is -0.947. The van der Waals surface area contributed by atoms with Gasteiger partial charge in [-0.05, 0) is 36.5 Å². The number of aliphatic hydroxyl groups is 1. The molecule has 3 heteroatoms. The second-order valence-electron chi connectivity index (χ2n) is 5.31. The summed E-state index contributed by atoms with van der Waals surface area (Å²) in [6.07, 6.45) is 1.80. The normalized spacial score (nSPS) is 12.9. The summed E-state index contributed by atoms with van der Waals surface area (Å²) < 4.78 is 0. The third-order valence-corrected chi connectivity index (χ3v) is 3.59. The summed E-state index contributed by atoms with van der Waals surface area (Å²) in [5.41, 5.74) is 3.53. The van der Waals surface area contributed by atoms with Crippen molar-refractivity contribution in [3.8, 4) is 11.1 Å². The highest BCUT2D eigenvalue weighted by Crippen LogP contribution is 2.24. The molecular weight excluding hydrogens is 276 g/mol. The number of hydrogen-bond donors (Lipinski definition) is 2. The van der Waals surface area contributed by atoms with Crippen molar-refractivity contribution in [2.24, 2.45) is 0 Å². The summed E-state index contributed by atoms with van der Waals surface area (Å²) in [4.78, 5) is 10.8. The van der Waals surface area contributed by atoms with Gasteiger partial charge in [-0.15, -0.1) is 0 Å². The molecule has 2 aromatic carbocycles. The molecule has 0 bridgehead atoms. The number of aliphatic hydroxyl groups excluding tert-OH is 1. The van der Waals surface area contributed by atoms with Gasteiger partial charge in [-0.3, -0.25) is 0 Å². The molecule has 0 aliphatic heterocycles. The van der Waals surface area contributed by atoms with Crippen LogP contribution >= 0.6 is 0 Å². The first kappa shape index (κ1) is 16.0. The van der Waals surface area contributed by atoms with Crippen molar-refractivity contribution in [1.82, 2.24) is 0 Å². The Balaban J connectivity index is 2.14. The zero-order valence-corrected chi connectivity index (χ0v) is 12.6. The van der Waals surface area contributed by atoms with Crippen molar-refractivity contribution in [1.29, 1.82) is 0 Å². The lowest BCUT2D eigenvalue weighted by Crippen LogP contribution is -2.11. The fraction of sp³-hybridized carbons (Fsp3) is 0.211. The van der Waals surface area contributed by atoms with E-state index in [-0.39, 0.29) is 5.57 Å². The van der Waals surface area contributed by atoms with Gasteiger partial charge in [0.1, 0.15) is 0 Å². The maximum Gasteiger partial charge on any atom is 0.330 e. The zero-order chi connectivity index (χ0) is 15.9. The van der Waals surface area contributed by atoms with Crippen LogP contribution in [0.3, 0.4) is 0 Å². The van der Waals surface area contributed by atoms with Gasteiger partial charge in [0.05, 0.1) is 6.10 Å². The SMILES string of the molecule is CC(=CCC(O)Cc1ccccc1-c1ccccc1)C(=O)O. The Bertz CT molecular complexity index is 659. The zero-order valence-electron chi connectivity index (χ0n) is 12.6. The molecule has 0 aromatic heterocycles. The highest BCUT2D eigenvalue weighted by molar-refractivity contribution is 5.85. The summed E-state index contributed by atoms with van der Waals surface area (Å²) >= 11 is 0. The number of rotatable bonds is 6. The molecule has 0 heterocycles. The predicted octanol–water partition coefficient (Wildman–Crippen LogP) is 3.68. The van der Waals surface area contributed by atoms with Crippen LogP contribution in [-0.2, 0) is 11.2 Å². The Hall–Kier alpha value is -2.39. The first-order valence-corrected chi connectivity index (χ1v) is 7.29. The molecule has 2 N–H and O–H groups in total. The van der Waals surface area contributed by atoms with E-state index in [9.17, 15) is 9.90 Å². The van der Waals surface area contributed by atoms with Gasteiger partial charge in [0.25, 0.3) is 0 Å². The van der Waals surface area contributed by atoms with Gasteiger partial charge in [0, 0.05) is 5.57 Å². The van der Waals surface area contributed by atoms with Gasteiger partial charge in [-0.1, -0.05) is 60.7 Å². The van der Waals surface area contributed by atoms with Crippen molar-refractivity contribution < 1.29 is 15.0 Å². The first-order valence-electron chi connectivity index (χ1n) is 7.29. The van der Waals surface area contributed by atoms with Crippen LogP contribution in [0.1, 0.15) is 18.9 Å². The minimum absolute atomic E-state index is 0.260. The molecule has 114 valence electrons. The van der Waals surface area contributed by atoms with Crippen LogP contribution in [0.15, 0.2) is 66.2 Å². The average Bonchev–Trinajstić information content (AvgIpc) is 2.54. The van der Waals surface area contributed by atoms with Crippen molar-refractivity contribution in [2.75, 3.05) is 0 Å². The molecule has 0 saturated heterocycles. The van der Waals surface area contributed by atoms with Crippen LogP contribution in [0.5, 0.6) is 0 Å². The predicted molar refractivity (Wildman–Crippen MR) is 87.6 cm³/mol. The van der Waals surface area contributed by atoms with Gasteiger partial charge in [-0.2, -0.15) is 0 Å². The van der Waals surface area contributed by atoms with E-state index < -0.39 is 12.1 Å². The van der Waals surface area contributed by atoms with Crippen LogP contribution < -0.4 is 0 Å².